The van der Waals surface area contributed by atoms with E-state index < -0.39 is 0 Å². The highest BCUT2D eigenvalue weighted by molar-refractivity contribution is 5.62. The lowest BCUT2D eigenvalue weighted by Gasteiger charge is -2.41. The molecule has 5 rings (SSSR count). The molecule has 0 amide bonds. The number of ether oxygens (including phenoxy) is 1. The minimum absolute atomic E-state index is 0.0367. The third-order valence-corrected chi connectivity index (χ3v) is 7.35. The number of benzene rings is 3. The van der Waals surface area contributed by atoms with Crippen molar-refractivity contribution in [2.24, 2.45) is 11.8 Å². The highest BCUT2D eigenvalue weighted by atomic mass is 16.6. The van der Waals surface area contributed by atoms with Crippen molar-refractivity contribution in [2.45, 2.75) is 30.7 Å². The molecular weight excluding hydrogens is 400 g/mol. The normalized spacial score (nSPS) is 24.7. The molecule has 5 atom stereocenters. The molecule has 2 aliphatic rings. The van der Waals surface area contributed by atoms with E-state index >= 15 is 0 Å². The Morgan fingerprint density at radius 1 is 1.03 bits per heavy atom. The van der Waals surface area contributed by atoms with Gasteiger partial charge < -0.3 is 10.1 Å². The lowest BCUT2D eigenvalue weighted by Crippen LogP contribution is -2.41. The number of fused-ring (bicyclic) bond motifs is 2. The molecule has 0 spiro atoms. The second-order valence-electron chi connectivity index (χ2n) is 8.95. The number of hydrogen-bond acceptors (Lipinski definition) is 4. The van der Waals surface area contributed by atoms with E-state index in [4.69, 9.17) is 4.74 Å². The SMILES string of the molecule is COc1ccc2c(c1)[C@@H](c1ccccc1)[C@@H]1CC[C@H]([C@H](C[N+](=O)[O-])c3ccccc3)[C@H]1N2. The molecule has 5 nitrogen and oxygen atoms in total. The summed E-state index contributed by atoms with van der Waals surface area (Å²) >= 11 is 0. The van der Waals surface area contributed by atoms with Gasteiger partial charge in [-0.25, -0.2) is 0 Å². The van der Waals surface area contributed by atoms with Gasteiger partial charge >= 0.3 is 0 Å². The van der Waals surface area contributed by atoms with Gasteiger partial charge in [-0.1, -0.05) is 60.7 Å². The van der Waals surface area contributed by atoms with Crippen LogP contribution in [0.25, 0.3) is 0 Å². The second-order valence-corrected chi connectivity index (χ2v) is 8.95. The smallest absolute Gasteiger partial charge is 0.211 e. The zero-order valence-corrected chi connectivity index (χ0v) is 18.2. The van der Waals surface area contributed by atoms with Crippen LogP contribution in [0.4, 0.5) is 5.69 Å². The van der Waals surface area contributed by atoms with Crippen molar-refractivity contribution in [3.63, 3.8) is 0 Å². The topological polar surface area (TPSA) is 64.4 Å². The Balaban J connectivity index is 1.57. The molecule has 32 heavy (non-hydrogen) atoms. The molecule has 164 valence electrons. The van der Waals surface area contributed by atoms with E-state index in [0.717, 1.165) is 29.8 Å². The van der Waals surface area contributed by atoms with Crippen LogP contribution in [0.1, 0.15) is 41.4 Å². The van der Waals surface area contributed by atoms with E-state index in [1.807, 2.05) is 36.4 Å². The maximum absolute atomic E-state index is 11.6. The van der Waals surface area contributed by atoms with Gasteiger partial charge in [0.25, 0.3) is 0 Å². The van der Waals surface area contributed by atoms with Crippen molar-refractivity contribution in [1.82, 2.24) is 0 Å². The molecule has 0 aromatic heterocycles. The van der Waals surface area contributed by atoms with Gasteiger partial charge in [-0.05, 0) is 59.6 Å². The third kappa shape index (κ3) is 3.72. The van der Waals surface area contributed by atoms with Gasteiger partial charge in [-0.15, -0.1) is 0 Å². The average Bonchev–Trinajstić information content (AvgIpc) is 3.24. The Kier molecular flexibility index (Phi) is 5.56. The zero-order valence-electron chi connectivity index (χ0n) is 18.2. The van der Waals surface area contributed by atoms with Crippen LogP contribution < -0.4 is 10.1 Å². The molecule has 0 unspecified atom stereocenters. The first kappa shape index (κ1) is 20.6. The Hall–Kier alpha value is -3.34. The van der Waals surface area contributed by atoms with Crippen molar-refractivity contribution in [3.05, 3.63) is 106 Å². The fourth-order valence-corrected chi connectivity index (χ4v) is 6.00. The summed E-state index contributed by atoms with van der Waals surface area (Å²) in [7, 11) is 1.70. The zero-order chi connectivity index (χ0) is 22.1. The number of methoxy groups -OCH3 is 1. The summed E-state index contributed by atoms with van der Waals surface area (Å²) in [6, 6.07) is 27.1. The van der Waals surface area contributed by atoms with Crippen LogP contribution in [0.15, 0.2) is 78.9 Å². The summed E-state index contributed by atoms with van der Waals surface area (Å²) in [6.45, 7) is -0.0367. The van der Waals surface area contributed by atoms with E-state index in [0.29, 0.717) is 5.92 Å². The Labute approximate surface area is 188 Å². The van der Waals surface area contributed by atoms with Crippen LogP contribution in [0.2, 0.25) is 0 Å². The van der Waals surface area contributed by atoms with Crippen molar-refractivity contribution in [1.29, 1.82) is 0 Å². The Morgan fingerprint density at radius 3 is 2.44 bits per heavy atom. The van der Waals surface area contributed by atoms with Crippen LogP contribution in [0.3, 0.4) is 0 Å². The lowest BCUT2D eigenvalue weighted by molar-refractivity contribution is -0.485. The minimum Gasteiger partial charge on any atom is -0.497 e. The highest BCUT2D eigenvalue weighted by Gasteiger charge is 2.48. The number of nitro groups is 1. The van der Waals surface area contributed by atoms with Gasteiger partial charge in [0.2, 0.25) is 6.54 Å². The molecule has 3 aromatic rings. The molecule has 5 heteroatoms. The minimum atomic E-state index is -0.151. The second kappa shape index (κ2) is 8.65. The van der Waals surface area contributed by atoms with Crippen molar-refractivity contribution in [3.8, 4) is 5.75 Å². The first-order valence-corrected chi connectivity index (χ1v) is 11.3. The van der Waals surface area contributed by atoms with Gasteiger partial charge in [-0.3, -0.25) is 10.1 Å². The van der Waals surface area contributed by atoms with Crippen LogP contribution in [0, 0.1) is 22.0 Å². The Morgan fingerprint density at radius 2 is 1.75 bits per heavy atom. The molecule has 1 fully saturated rings. The number of hydrogen-bond donors (Lipinski definition) is 1. The summed E-state index contributed by atoms with van der Waals surface area (Å²) < 4.78 is 5.53. The molecule has 0 bridgehead atoms. The van der Waals surface area contributed by atoms with Crippen LogP contribution in [-0.4, -0.2) is 24.6 Å². The fraction of sp³-hybridized carbons (Fsp3) is 0.333. The Bertz CT molecular complexity index is 1090. The largest absolute Gasteiger partial charge is 0.497 e. The highest BCUT2D eigenvalue weighted by Crippen LogP contribution is 2.53. The summed E-state index contributed by atoms with van der Waals surface area (Å²) in [6.07, 6.45) is 2.02. The molecule has 3 aromatic carbocycles. The number of nitrogens with one attached hydrogen (secondary N) is 1. The van der Waals surface area contributed by atoms with Gasteiger partial charge in [-0.2, -0.15) is 0 Å². The number of anilines is 1. The monoisotopic (exact) mass is 428 g/mol. The predicted molar refractivity (Wildman–Crippen MR) is 126 cm³/mol. The number of rotatable bonds is 6. The summed E-state index contributed by atoms with van der Waals surface area (Å²) in [5, 5.41) is 15.4. The lowest BCUT2D eigenvalue weighted by atomic mass is 9.72. The quantitative estimate of drug-likeness (QED) is 0.404. The third-order valence-electron chi connectivity index (χ3n) is 7.35. The van der Waals surface area contributed by atoms with E-state index in [1.54, 1.807) is 7.11 Å². The fourth-order valence-electron chi connectivity index (χ4n) is 6.00. The standard InChI is InChI=1S/C27H28N2O3/c1-32-20-12-15-25-23(16-20)26(19-10-6-3-7-11-19)22-14-13-21(27(22)28-25)24(17-29(30)31)18-8-4-2-5-9-18/h2-12,15-16,21-22,24,26-28H,13-14,17H2,1H3/t21-,22+,24-,26+,27-/m1/s1. The van der Waals surface area contributed by atoms with E-state index in [2.05, 4.69) is 47.8 Å². The van der Waals surface area contributed by atoms with Gasteiger partial charge in [0.1, 0.15) is 5.75 Å². The summed E-state index contributed by atoms with van der Waals surface area (Å²) in [4.78, 5) is 11.5. The first-order valence-electron chi connectivity index (χ1n) is 11.3. The van der Waals surface area contributed by atoms with Gasteiger partial charge in [0, 0.05) is 22.6 Å². The summed E-state index contributed by atoms with van der Waals surface area (Å²) in [5.41, 5.74) is 4.72. The van der Waals surface area contributed by atoms with Gasteiger partial charge in [0.15, 0.2) is 0 Å². The maximum atomic E-state index is 11.6. The van der Waals surface area contributed by atoms with E-state index in [9.17, 15) is 10.1 Å². The average molecular weight is 429 g/mol. The van der Waals surface area contributed by atoms with Crippen molar-refractivity contribution >= 4 is 5.69 Å². The first-order chi connectivity index (χ1) is 15.7. The maximum Gasteiger partial charge on any atom is 0.211 e. The molecule has 1 heterocycles. The van der Waals surface area contributed by atoms with Crippen LogP contribution in [-0.2, 0) is 0 Å². The molecule has 0 saturated heterocycles. The molecular formula is C27H28N2O3. The van der Waals surface area contributed by atoms with Crippen LogP contribution in [0.5, 0.6) is 5.75 Å². The predicted octanol–water partition coefficient (Wildman–Crippen LogP) is 5.71. The van der Waals surface area contributed by atoms with Gasteiger partial charge in [0.05, 0.1) is 13.0 Å². The molecule has 1 aliphatic carbocycles. The summed E-state index contributed by atoms with van der Waals surface area (Å²) in [5.74, 6) is 1.57. The molecule has 1 aliphatic heterocycles. The van der Waals surface area contributed by atoms with Crippen molar-refractivity contribution < 1.29 is 9.66 Å². The number of nitrogens with zero attached hydrogens (tertiary/aromatic N) is 1. The molecule has 0 radical (unpaired) electrons. The van der Waals surface area contributed by atoms with Crippen LogP contribution >= 0.6 is 0 Å². The molecule has 1 saturated carbocycles. The van der Waals surface area contributed by atoms with E-state index in [-0.39, 0.29) is 35.3 Å². The van der Waals surface area contributed by atoms with E-state index in [1.165, 1.54) is 11.1 Å². The van der Waals surface area contributed by atoms with Crippen molar-refractivity contribution in [2.75, 3.05) is 19.0 Å². The molecule has 1 N–H and O–H groups in total.